The Morgan fingerprint density at radius 2 is 1.41 bits per heavy atom. The van der Waals surface area contributed by atoms with E-state index in [-0.39, 0.29) is 18.8 Å². The van der Waals surface area contributed by atoms with Crippen molar-refractivity contribution in [3.8, 4) is 34.5 Å². The summed E-state index contributed by atoms with van der Waals surface area (Å²) in [6, 6.07) is 15.7. The van der Waals surface area contributed by atoms with E-state index in [1.54, 1.807) is 56.7 Å². The van der Waals surface area contributed by atoms with Crippen molar-refractivity contribution in [2.75, 3.05) is 99.9 Å². The zero-order valence-corrected chi connectivity index (χ0v) is 29.0. The number of carbonyl (C=O) groups is 1. The van der Waals surface area contributed by atoms with Crippen molar-refractivity contribution >= 4 is 11.5 Å². The molecule has 0 aromatic heterocycles. The normalized spacial score (nSPS) is 20.7. The molecular formula is C38H44N2O11. The number of nitrogens with zero attached hydrogens (tertiary/aromatic N) is 2. The summed E-state index contributed by atoms with van der Waals surface area (Å²) < 4.78 is 52.0. The Bertz CT molecular complexity index is 1720. The highest BCUT2D eigenvalue weighted by Gasteiger charge is 2.48. The van der Waals surface area contributed by atoms with E-state index in [0.29, 0.717) is 103 Å². The second kappa shape index (κ2) is 15.8. The van der Waals surface area contributed by atoms with Gasteiger partial charge in [-0.3, -0.25) is 9.80 Å². The van der Waals surface area contributed by atoms with Gasteiger partial charge < -0.3 is 47.7 Å². The fourth-order valence-electron chi connectivity index (χ4n) is 6.69. The molecule has 4 aliphatic rings. The molecule has 2 fully saturated rings. The average Bonchev–Trinajstić information content (AvgIpc) is 3.74. The quantitative estimate of drug-likeness (QED) is 0.247. The summed E-state index contributed by atoms with van der Waals surface area (Å²) in [6.45, 7) is 8.51. The Hall–Kier alpha value is -4.53. The van der Waals surface area contributed by atoms with E-state index in [9.17, 15) is 9.90 Å². The van der Waals surface area contributed by atoms with Crippen molar-refractivity contribution in [2.24, 2.45) is 0 Å². The van der Waals surface area contributed by atoms with Gasteiger partial charge in [-0.2, -0.15) is 0 Å². The van der Waals surface area contributed by atoms with Crippen LogP contribution in [0, 0.1) is 0 Å². The summed E-state index contributed by atoms with van der Waals surface area (Å²) >= 11 is 0. The van der Waals surface area contributed by atoms with Crippen molar-refractivity contribution in [3.05, 3.63) is 76.9 Å². The number of rotatable bonds is 14. The van der Waals surface area contributed by atoms with Gasteiger partial charge in [-0.1, -0.05) is 6.07 Å². The van der Waals surface area contributed by atoms with Crippen molar-refractivity contribution in [1.29, 1.82) is 0 Å². The molecule has 3 aromatic carbocycles. The lowest BCUT2D eigenvalue weighted by Crippen LogP contribution is -2.39. The first-order chi connectivity index (χ1) is 24.9. The maximum atomic E-state index is 13.7. The zero-order valence-electron chi connectivity index (χ0n) is 29.0. The van der Waals surface area contributed by atoms with E-state index in [4.69, 9.17) is 42.6 Å². The number of hydrogen-bond donors (Lipinski definition) is 1. The van der Waals surface area contributed by atoms with E-state index in [1.807, 2.05) is 12.1 Å². The van der Waals surface area contributed by atoms with E-state index >= 15 is 0 Å². The maximum Gasteiger partial charge on any atom is 0.342 e. The molecule has 1 N–H and O–H groups in total. The molecule has 0 spiro atoms. The highest BCUT2D eigenvalue weighted by molar-refractivity contribution is 6.20. The predicted molar refractivity (Wildman–Crippen MR) is 185 cm³/mol. The highest BCUT2D eigenvalue weighted by atomic mass is 16.7. The molecule has 0 aliphatic carbocycles. The fourth-order valence-corrected chi connectivity index (χ4v) is 6.69. The highest BCUT2D eigenvalue weighted by Crippen LogP contribution is 2.48. The number of fused-ring (bicyclic) bond motifs is 1. The monoisotopic (exact) mass is 704 g/mol. The molecule has 3 aromatic rings. The molecule has 13 heteroatoms. The molecule has 51 heavy (non-hydrogen) atoms. The molecule has 4 heterocycles. The van der Waals surface area contributed by atoms with Crippen LogP contribution >= 0.6 is 0 Å². The molecule has 1 atom stereocenters. The van der Waals surface area contributed by atoms with Crippen molar-refractivity contribution < 1.29 is 52.5 Å². The van der Waals surface area contributed by atoms with Crippen LogP contribution in [-0.2, 0) is 31.2 Å². The topological polar surface area (TPSA) is 127 Å². The van der Waals surface area contributed by atoms with Crippen molar-refractivity contribution in [2.45, 2.75) is 12.2 Å². The number of aliphatic hydroxyl groups is 1. The minimum atomic E-state index is -2.08. The number of esters is 1. The van der Waals surface area contributed by atoms with Gasteiger partial charge in [0, 0.05) is 56.8 Å². The summed E-state index contributed by atoms with van der Waals surface area (Å²) in [7, 11) is 3.14. The van der Waals surface area contributed by atoms with Gasteiger partial charge in [-0.15, -0.1) is 0 Å². The van der Waals surface area contributed by atoms with Crippen LogP contribution in [0.2, 0.25) is 0 Å². The summed E-state index contributed by atoms with van der Waals surface area (Å²) in [5.41, 5.74) is 2.19. The number of morpholine rings is 2. The summed E-state index contributed by atoms with van der Waals surface area (Å²) in [4.78, 5) is 18.3. The number of ether oxygens (including phenoxy) is 9. The maximum absolute atomic E-state index is 13.7. The van der Waals surface area contributed by atoms with Gasteiger partial charge in [0.25, 0.3) is 5.79 Å². The Labute approximate surface area is 297 Å². The first-order valence-corrected chi connectivity index (χ1v) is 17.3. The number of carbonyl (C=O) groups excluding carboxylic acids is 1. The van der Waals surface area contributed by atoms with E-state index < -0.39 is 11.8 Å². The van der Waals surface area contributed by atoms with Gasteiger partial charge in [-0.25, -0.2) is 4.79 Å². The lowest BCUT2D eigenvalue weighted by molar-refractivity contribution is -0.185. The number of hydrogen-bond acceptors (Lipinski definition) is 13. The lowest BCUT2D eigenvalue weighted by atomic mass is 9.88. The molecule has 0 bridgehead atoms. The zero-order chi connectivity index (χ0) is 35.2. The molecule has 7 rings (SSSR count). The van der Waals surface area contributed by atoms with Crippen LogP contribution in [0.25, 0.3) is 5.57 Å². The van der Waals surface area contributed by atoms with Crippen LogP contribution < -0.4 is 28.4 Å². The van der Waals surface area contributed by atoms with Gasteiger partial charge in [0.2, 0.25) is 12.5 Å². The molecule has 2 saturated heterocycles. The Balaban J connectivity index is 1.24. The molecule has 272 valence electrons. The third-order valence-electron chi connectivity index (χ3n) is 9.51. The lowest BCUT2D eigenvalue weighted by Gasteiger charge is -2.28. The smallest absolute Gasteiger partial charge is 0.342 e. The molecule has 0 radical (unpaired) electrons. The first kappa shape index (κ1) is 34.9. The van der Waals surface area contributed by atoms with Crippen LogP contribution in [0.5, 0.6) is 34.5 Å². The van der Waals surface area contributed by atoms with Gasteiger partial charge in [0.05, 0.1) is 46.2 Å². The largest absolute Gasteiger partial charge is 0.497 e. The Morgan fingerprint density at radius 3 is 2.08 bits per heavy atom. The van der Waals surface area contributed by atoms with Crippen LogP contribution in [0.3, 0.4) is 0 Å². The third kappa shape index (κ3) is 7.72. The molecule has 13 nitrogen and oxygen atoms in total. The molecular weight excluding hydrogens is 660 g/mol. The van der Waals surface area contributed by atoms with Crippen LogP contribution in [-0.4, -0.2) is 121 Å². The molecule has 1 unspecified atom stereocenters. The third-order valence-corrected chi connectivity index (χ3v) is 9.51. The van der Waals surface area contributed by atoms with Gasteiger partial charge in [0.15, 0.2) is 23.0 Å². The van der Waals surface area contributed by atoms with Crippen molar-refractivity contribution in [3.63, 3.8) is 0 Å². The van der Waals surface area contributed by atoms with Crippen molar-refractivity contribution in [1.82, 2.24) is 9.80 Å². The Kier molecular flexibility index (Phi) is 10.8. The number of cyclic esters (lactones) is 1. The first-order valence-electron chi connectivity index (χ1n) is 17.3. The van der Waals surface area contributed by atoms with Crippen LogP contribution in [0.4, 0.5) is 0 Å². The minimum Gasteiger partial charge on any atom is -0.497 e. The summed E-state index contributed by atoms with van der Waals surface area (Å²) in [5, 5.41) is 12.3. The van der Waals surface area contributed by atoms with E-state index in [1.165, 1.54) is 0 Å². The summed E-state index contributed by atoms with van der Waals surface area (Å²) in [5.74, 6) is 0.398. The Morgan fingerprint density at radius 1 is 0.765 bits per heavy atom. The molecule has 4 aliphatic heterocycles. The molecule has 0 saturated carbocycles. The fraction of sp³-hybridized carbons (Fsp3) is 0.447. The van der Waals surface area contributed by atoms with Crippen LogP contribution in [0.1, 0.15) is 16.7 Å². The van der Waals surface area contributed by atoms with Gasteiger partial charge >= 0.3 is 5.97 Å². The van der Waals surface area contributed by atoms with Crippen LogP contribution in [0.15, 0.2) is 60.2 Å². The second-order valence-corrected chi connectivity index (χ2v) is 12.6. The number of methoxy groups -OCH3 is 2. The predicted octanol–water partition coefficient (Wildman–Crippen LogP) is 3.25. The second-order valence-electron chi connectivity index (χ2n) is 12.6. The average molecular weight is 705 g/mol. The minimum absolute atomic E-state index is 0.0832. The number of benzene rings is 3. The standard InChI is InChI=1S/C38H44N2O11/c1-43-29-6-4-28(5-7-29)38(42)30(35(37(41)51-38)27-3-8-31-32(24-27)50-25-49-31)21-26-22-33(44-2)36(48-20-14-40-11-17-46-18-12-40)34(23-26)47-19-13-39-9-15-45-16-10-39/h3-8,22-24,42H,9-21,25H2,1-2H3. The van der Waals surface area contributed by atoms with Gasteiger partial charge in [0.1, 0.15) is 19.0 Å². The van der Waals surface area contributed by atoms with Gasteiger partial charge in [-0.05, 0) is 59.7 Å². The van der Waals surface area contributed by atoms with E-state index in [0.717, 1.165) is 32.7 Å². The summed E-state index contributed by atoms with van der Waals surface area (Å²) in [6.07, 6.45) is 0.113. The SMILES string of the molecule is COc1ccc(C2(O)OC(=O)C(c3ccc4c(c3)OCO4)=C2Cc2cc(OC)c(OCCN3CCOCC3)c(OCCN3CCOCC3)c2)cc1. The molecule has 0 amide bonds. The van der Waals surface area contributed by atoms with E-state index in [2.05, 4.69) is 9.80 Å².